The van der Waals surface area contributed by atoms with Crippen LogP contribution in [0.2, 0.25) is 5.02 Å². The van der Waals surface area contributed by atoms with Crippen LogP contribution in [0.15, 0.2) is 36.4 Å². The van der Waals surface area contributed by atoms with Crippen molar-refractivity contribution in [1.29, 1.82) is 0 Å². The number of amides is 1. The minimum Gasteiger partial charge on any atom is -0.449 e. The first-order valence-electron chi connectivity index (χ1n) is 7.10. The summed E-state index contributed by atoms with van der Waals surface area (Å²) in [6.07, 6.45) is -1.33. The molecule has 136 valence electrons. The Morgan fingerprint density at radius 1 is 1.23 bits per heavy atom. The van der Waals surface area contributed by atoms with Gasteiger partial charge in [0.2, 0.25) is 0 Å². The van der Waals surface area contributed by atoms with Crippen molar-refractivity contribution in [2.24, 2.45) is 0 Å². The lowest BCUT2D eigenvalue weighted by Crippen LogP contribution is -2.30. The molecular formula is C16H11ClF2N2O5. The summed E-state index contributed by atoms with van der Waals surface area (Å²) in [5.74, 6) is -3.66. The fourth-order valence-corrected chi connectivity index (χ4v) is 2.14. The first-order valence-corrected chi connectivity index (χ1v) is 7.47. The highest BCUT2D eigenvalue weighted by atomic mass is 35.5. The van der Waals surface area contributed by atoms with E-state index in [1.807, 2.05) is 0 Å². The zero-order valence-electron chi connectivity index (χ0n) is 13.2. The van der Waals surface area contributed by atoms with E-state index in [-0.39, 0.29) is 22.0 Å². The van der Waals surface area contributed by atoms with Crippen LogP contribution in [0.1, 0.15) is 17.3 Å². The average molecular weight is 385 g/mol. The van der Waals surface area contributed by atoms with E-state index in [0.29, 0.717) is 6.07 Å². The zero-order valence-corrected chi connectivity index (χ0v) is 13.9. The number of carbonyl (C=O) groups excluding carboxylic acids is 2. The van der Waals surface area contributed by atoms with Gasteiger partial charge in [0.15, 0.2) is 6.10 Å². The third-order valence-electron chi connectivity index (χ3n) is 3.23. The monoisotopic (exact) mass is 384 g/mol. The number of hydrogen-bond acceptors (Lipinski definition) is 5. The maximum absolute atomic E-state index is 13.5. The molecule has 0 aliphatic carbocycles. The number of hydrogen-bond donors (Lipinski definition) is 1. The molecule has 1 N–H and O–H groups in total. The molecule has 0 saturated carbocycles. The van der Waals surface area contributed by atoms with Crippen LogP contribution in [-0.2, 0) is 9.53 Å². The quantitative estimate of drug-likeness (QED) is 0.481. The van der Waals surface area contributed by atoms with Gasteiger partial charge >= 0.3 is 5.97 Å². The zero-order chi connectivity index (χ0) is 19.4. The minimum absolute atomic E-state index is 0.176. The maximum Gasteiger partial charge on any atom is 0.340 e. The van der Waals surface area contributed by atoms with Crippen molar-refractivity contribution in [3.8, 4) is 0 Å². The van der Waals surface area contributed by atoms with Gasteiger partial charge in [0.25, 0.3) is 11.6 Å². The van der Waals surface area contributed by atoms with E-state index in [9.17, 15) is 28.5 Å². The van der Waals surface area contributed by atoms with Crippen molar-refractivity contribution in [1.82, 2.24) is 0 Å². The normalized spacial score (nSPS) is 11.5. The molecule has 2 aromatic carbocycles. The lowest BCUT2D eigenvalue weighted by molar-refractivity contribution is -0.384. The Morgan fingerprint density at radius 2 is 1.92 bits per heavy atom. The van der Waals surface area contributed by atoms with E-state index in [1.165, 1.54) is 6.92 Å². The summed E-state index contributed by atoms with van der Waals surface area (Å²) in [5, 5.41) is 12.6. The summed E-state index contributed by atoms with van der Waals surface area (Å²) in [7, 11) is 0. The number of non-ortho nitro benzene ring substituents is 1. The third-order valence-corrected chi connectivity index (χ3v) is 3.54. The fourth-order valence-electron chi connectivity index (χ4n) is 1.89. The Morgan fingerprint density at radius 3 is 2.50 bits per heavy atom. The molecular weight excluding hydrogens is 374 g/mol. The topological polar surface area (TPSA) is 98.5 Å². The van der Waals surface area contributed by atoms with Gasteiger partial charge in [-0.2, -0.15) is 0 Å². The number of halogens is 3. The Labute approximate surface area is 150 Å². The van der Waals surface area contributed by atoms with Crippen molar-refractivity contribution in [3.63, 3.8) is 0 Å². The molecule has 0 saturated heterocycles. The molecule has 0 spiro atoms. The first-order chi connectivity index (χ1) is 12.2. The van der Waals surface area contributed by atoms with Crippen LogP contribution in [-0.4, -0.2) is 22.9 Å². The van der Waals surface area contributed by atoms with Crippen LogP contribution in [0.25, 0.3) is 0 Å². The van der Waals surface area contributed by atoms with Crippen molar-refractivity contribution >= 4 is 34.9 Å². The Bertz CT molecular complexity index is 891. The van der Waals surface area contributed by atoms with Crippen molar-refractivity contribution in [3.05, 3.63) is 68.7 Å². The van der Waals surface area contributed by atoms with E-state index in [4.69, 9.17) is 16.3 Å². The van der Waals surface area contributed by atoms with Gasteiger partial charge in [-0.1, -0.05) is 11.6 Å². The largest absolute Gasteiger partial charge is 0.449 e. The van der Waals surface area contributed by atoms with Gasteiger partial charge < -0.3 is 10.1 Å². The van der Waals surface area contributed by atoms with Crippen LogP contribution >= 0.6 is 11.6 Å². The number of benzene rings is 2. The van der Waals surface area contributed by atoms with Gasteiger partial charge in [-0.15, -0.1) is 0 Å². The molecule has 1 atom stereocenters. The molecule has 0 aliphatic rings. The molecule has 1 amide bonds. The van der Waals surface area contributed by atoms with E-state index < -0.39 is 34.5 Å². The molecule has 7 nitrogen and oxygen atoms in total. The summed E-state index contributed by atoms with van der Waals surface area (Å²) >= 11 is 5.81. The number of nitrogens with one attached hydrogen (secondary N) is 1. The molecule has 1 unspecified atom stereocenters. The van der Waals surface area contributed by atoms with Crippen LogP contribution in [0, 0.1) is 21.7 Å². The molecule has 0 aromatic heterocycles. The molecule has 10 heteroatoms. The predicted octanol–water partition coefficient (Wildman–Crippen LogP) is 3.71. The molecule has 0 aliphatic heterocycles. The number of ether oxygens (including phenoxy) is 1. The number of carbonyl (C=O) groups is 2. The Kier molecular flexibility index (Phi) is 5.83. The van der Waals surface area contributed by atoms with Gasteiger partial charge in [0.1, 0.15) is 11.6 Å². The Hall–Kier alpha value is -3.07. The van der Waals surface area contributed by atoms with E-state index >= 15 is 0 Å². The highest BCUT2D eigenvalue weighted by Crippen LogP contribution is 2.23. The van der Waals surface area contributed by atoms with E-state index in [0.717, 1.165) is 30.3 Å². The lowest BCUT2D eigenvalue weighted by atomic mass is 10.2. The number of esters is 1. The number of anilines is 1. The summed E-state index contributed by atoms with van der Waals surface area (Å²) in [6.45, 7) is 1.23. The van der Waals surface area contributed by atoms with Gasteiger partial charge in [0, 0.05) is 18.2 Å². The second kappa shape index (κ2) is 7.87. The minimum atomic E-state index is -1.33. The van der Waals surface area contributed by atoms with Gasteiger partial charge in [0.05, 0.1) is 21.2 Å². The average Bonchev–Trinajstić information content (AvgIpc) is 2.56. The standard InChI is InChI=1S/C16H11ClF2N2O5/c1-8(15(22)20-14-5-2-9(18)6-13(14)19)26-16(23)11-4-3-10(21(24)25)7-12(11)17/h2-8H,1H3,(H,20,22). The Balaban J connectivity index is 2.06. The summed E-state index contributed by atoms with van der Waals surface area (Å²) in [6, 6.07) is 5.67. The molecule has 0 bridgehead atoms. The molecule has 0 radical (unpaired) electrons. The summed E-state index contributed by atoms with van der Waals surface area (Å²) in [5.41, 5.74) is -0.776. The fraction of sp³-hybridized carbons (Fsp3) is 0.125. The van der Waals surface area contributed by atoms with Gasteiger partial charge in [-0.05, 0) is 25.1 Å². The van der Waals surface area contributed by atoms with Crippen LogP contribution in [0.4, 0.5) is 20.2 Å². The first kappa shape index (κ1) is 19.3. The highest BCUT2D eigenvalue weighted by molar-refractivity contribution is 6.33. The molecule has 0 fully saturated rings. The van der Waals surface area contributed by atoms with Gasteiger partial charge in [-0.3, -0.25) is 14.9 Å². The number of nitro groups is 1. The number of rotatable bonds is 5. The van der Waals surface area contributed by atoms with Crippen molar-refractivity contribution in [2.75, 3.05) is 5.32 Å². The SMILES string of the molecule is CC(OC(=O)c1ccc([N+](=O)[O-])cc1Cl)C(=O)Nc1ccc(F)cc1F. The van der Waals surface area contributed by atoms with Crippen molar-refractivity contribution < 1.29 is 28.0 Å². The highest BCUT2D eigenvalue weighted by Gasteiger charge is 2.22. The molecule has 0 heterocycles. The molecule has 2 aromatic rings. The van der Waals surface area contributed by atoms with Crippen molar-refractivity contribution in [2.45, 2.75) is 13.0 Å². The summed E-state index contributed by atoms with van der Waals surface area (Å²) in [4.78, 5) is 34.0. The lowest BCUT2D eigenvalue weighted by Gasteiger charge is -2.14. The number of nitrogens with zero attached hydrogens (tertiary/aromatic N) is 1. The third kappa shape index (κ3) is 4.51. The van der Waals surface area contributed by atoms with E-state index in [1.54, 1.807) is 0 Å². The summed E-state index contributed by atoms with van der Waals surface area (Å²) < 4.78 is 31.3. The van der Waals surface area contributed by atoms with Gasteiger partial charge in [-0.25, -0.2) is 13.6 Å². The maximum atomic E-state index is 13.5. The van der Waals surface area contributed by atoms with Crippen LogP contribution in [0.3, 0.4) is 0 Å². The second-order valence-corrected chi connectivity index (χ2v) is 5.49. The number of nitro benzene ring substituents is 1. The van der Waals surface area contributed by atoms with Crippen LogP contribution in [0.5, 0.6) is 0 Å². The van der Waals surface area contributed by atoms with Crippen LogP contribution < -0.4 is 5.32 Å². The van der Waals surface area contributed by atoms with E-state index in [2.05, 4.69) is 5.32 Å². The molecule has 26 heavy (non-hydrogen) atoms. The molecule has 2 rings (SSSR count). The smallest absolute Gasteiger partial charge is 0.340 e. The predicted molar refractivity (Wildman–Crippen MR) is 88.0 cm³/mol. The second-order valence-electron chi connectivity index (χ2n) is 5.08.